The Bertz CT molecular complexity index is 1260. The summed E-state index contributed by atoms with van der Waals surface area (Å²) in [6.45, 7) is 2.77. The number of rotatable bonds is 8. The van der Waals surface area contributed by atoms with Gasteiger partial charge in [0.1, 0.15) is 11.5 Å². The second-order valence-electron chi connectivity index (χ2n) is 11.2. The Hall–Kier alpha value is -2.98. The average Bonchev–Trinajstić information content (AvgIpc) is 3.61. The van der Waals surface area contributed by atoms with Gasteiger partial charge in [-0.15, -0.1) is 0 Å². The number of halogens is 4. The number of nitrogens with zero attached hydrogens (tertiary/aromatic N) is 2. The molecule has 2 amide bonds. The monoisotopic (exact) mass is 582 g/mol. The number of piperidine rings is 1. The van der Waals surface area contributed by atoms with E-state index >= 15 is 0 Å². The van der Waals surface area contributed by atoms with Crippen LogP contribution in [0.3, 0.4) is 0 Å². The maximum absolute atomic E-state index is 14.1. The molecule has 0 aromatic heterocycles. The van der Waals surface area contributed by atoms with E-state index in [0.717, 1.165) is 23.5 Å². The molecule has 2 aromatic rings. The molecule has 0 bridgehead atoms. The summed E-state index contributed by atoms with van der Waals surface area (Å²) in [6, 6.07) is 9.83. The van der Waals surface area contributed by atoms with Crippen molar-refractivity contribution in [3.05, 3.63) is 58.6 Å². The normalized spacial score (nSPS) is 22.8. The zero-order valence-corrected chi connectivity index (χ0v) is 23.7. The van der Waals surface area contributed by atoms with E-state index in [-0.39, 0.29) is 36.1 Å². The first kappa shape index (κ1) is 30.0. The highest BCUT2D eigenvalue weighted by Crippen LogP contribution is 2.58. The zero-order valence-electron chi connectivity index (χ0n) is 22.9. The van der Waals surface area contributed by atoms with E-state index in [1.54, 1.807) is 32.3 Å². The summed E-state index contributed by atoms with van der Waals surface area (Å²) in [7, 11) is 4.60. The van der Waals surface area contributed by atoms with Crippen LogP contribution in [-0.2, 0) is 10.4 Å². The molecule has 11 heteroatoms. The molecule has 1 heterocycles. The van der Waals surface area contributed by atoms with Crippen molar-refractivity contribution < 1.29 is 37.3 Å². The highest BCUT2D eigenvalue weighted by Gasteiger charge is 2.62. The van der Waals surface area contributed by atoms with Gasteiger partial charge in [-0.1, -0.05) is 30.7 Å². The van der Waals surface area contributed by atoms with Crippen molar-refractivity contribution in [2.75, 3.05) is 40.9 Å². The highest BCUT2D eigenvalue weighted by atomic mass is 35.5. The summed E-state index contributed by atoms with van der Waals surface area (Å²) in [4.78, 5) is 27.9. The van der Waals surface area contributed by atoms with Crippen LogP contribution in [-0.4, -0.2) is 73.8 Å². The number of aliphatic hydroxyl groups is 1. The van der Waals surface area contributed by atoms with Crippen LogP contribution in [0.25, 0.3) is 0 Å². The van der Waals surface area contributed by atoms with Crippen molar-refractivity contribution in [2.24, 2.45) is 17.3 Å². The van der Waals surface area contributed by atoms with Gasteiger partial charge in [-0.2, -0.15) is 13.2 Å². The Balaban J connectivity index is 1.36. The minimum absolute atomic E-state index is 0.113. The highest BCUT2D eigenvalue weighted by molar-refractivity contribution is 6.34. The molecule has 1 aliphatic carbocycles. The second-order valence-corrected chi connectivity index (χ2v) is 11.6. The topological polar surface area (TPSA) is 79.3 Å². The Morgan fingerprint density at radius 2 is 1.80 bits per heavy atom. The predicted molar refractivity (Wildman–Crippen MR) is 143 cm³/mol. The number of carbonyl (C=O) groups is 2. The van der Waals surface area contributed by atoms with Crippen molar-refractivity contribution in [3.63, 3.8) is 0 Å². The van der Waals surface area contributed by atoms with Crippen LogP contribution in [0.1, 0.15) is 42.1 Å². The fourth-order valence-electron chi connectivity index (χ4n) is 5.58. The van der Waals surface area contributed by atoms with Gasteiger partial charge in [-0.05, 0) is 61.4 Å². The molecule has 1 N–H and O–H groups in total. The first-order chi connectivity index (χ1) is 18.7. The molecular weight excluding hydrogens is 549 g/mol. The van der Waals surface area contributed by atoms with Gasteiger partial charge >= 0.3 is 6.18 Å². The van der Waals surface area contributed by atoms with Crippen LogP contribution >= 0.6 is 11.6 Å². The standard InChI is InChI=1S/C29H34ClF3N2O5/c1-27(17-40-21-8-9-22(24(30)15-21)25(36)34(2)3)16-23(27)18-10-12-35(13-11-18)26(37)28(38,29(31,32)33)19-6-5-7-20(14-19)39-4/h5-9,14-15,18,23,38H,10-13,16-17H2,1-4H3. The van der Waals surface area contributed by atoms with Gasteiger partial charge in [-0.25, -0.2) is 0 Å². The quantitative estimate of drug-likeness (QED) is 0.466. The van der Waals surface area contributed by atoms with Crippen LogP contribution in [0.15, 0.2) is 42.5 Å². The van der Waals surface area contributed by atoms with E-state index in [1.165, 1.54) is 24.1 Å². The third-order valence-corrected chi connectivity index (χ3v) is 8.48. The van der Waals surface area contributed by atoms with Crippen molar-refractivity contribution in [3.8, 4) is 11.5 Å². The molecule has 7 nitrogen and oxygen atoms in total. The molecule has 1 saturated heterocycles. The number of carbonyl (C=O) groups excluding carboxylic acids is 2. The number of amides is 2. The van der Waals surface area contributed by atoms with Gasteiger partial charge in [0, 0.05) is 38.2 Å². The van der Waals surface area contributed by atoms with Crippen molar-refractivity contribution in [1.82, 2.24) is 9.80 Å². The summed E-state index contributed by atoms with van der Waals surface area (Å²) in [6.07, 6.45) is -3.25. The number of hydrogen-bond donors (Lipinski definition) is 1. The lowest BCUT2D eigenvalue weighted by Crippen LogP contribution is -2.57. The van der Waals surface area contributed by atoms with Gasteiger partial charge in [0.25, 0.3) is 17.4 Å². The summed E-state index contributed by atoms with van der Waals surface area (Å²) in [5.41, 5.74) is -3.96. The van der Waals surface area contributed by atoms with Crippen molar-refractivity contribution >= 4 is 23.4 Å². The van der Waals surface area contributed by atoms with Crippen LogP contribution in [0.5, 0.6) is 11.5 Å². The van der Waals surface area contributed by atoms with Crippen LogP contribution < -0.4 is 9.47 Å². The molecule has 2 aliphatic rings. The zero-order chi connectivity index (χ0) is 29.5. The largest absolute Gasteiger partial charge is 0.497 e. The Morgan fingerprint density at radius 1 is 1.12 bits per heavy atom. The molecule has 218 valence electrons. The number of benzene rings is 2. The van der Waals surface area contributed by atoms with Crippen LogP contribution in [0.4, 0.5) is 13.2 Å². The van der Waals surface area contributed by atoms with E-state index in [4.69, 9.17) is 21.1 Å². The molecule has 3 atom stereocenters. The van der Waals surface area contributed by atoms with Crippen LogP contribution in [0.2, 0.25) is 5.02 Å². The molecule has 4 rings (SSSR count). The van der Waals surface area contributed by atoms with Gasteiger partial charge in [0.15, 0.2) is 0 Å². The number of methoxy groups -OCH3 is 1. The summed E-state index contributed by atoms with van der Waals surface area (Å²) in [5, 5.41) is 11.1. The number of ether oxygens (including phenoxy) is 2. The fraction of sp³-hybridized carbons (Fsp3) is 0.517. The van der Waals surface area contributed by atoms with Gasteiger partial charge < -0.3 is 24.4 Å². The van der Waals surface area contributed by atoms with E-state index in [0.29, 0.717) is 41.7 Å². The first-order valence-corrected chi connectivity index (χ1v) is 13.5. The third kappa shape index (κ3) is 5.74. The molecule has 1 aliphatic heterocycles. The molecule has 1 saturated carbocycles. The van der Waals surface area contributed by atoms with Crippen molar-refractivity contribution in [2.45, 2.75) is 38.0 Å². The number of hydrogen-bond acceptors (Lipinski definition) is 5. The molecule has 3 unspecified atom stereocenters. The number of alkyl halides is 3. The Kier molecular flexibility index (Phi) is 8.34. The molecule has 0 spiro atoms. The lowest BCUT2D eigenvalue weighted by molar-refractivity contribution is -0.262. The summed E-state index contributed by atoms with van der Waals surface area (Å²) >= 11 is 6.28. The minimum Gasteiger partial charge on any atom is -0.497 e. The van der Waals surface area contributed by atoms with E-state index in [2.05, 4.69) is 6.92 Å². The average molecular weight is 583 g/mol. The maximum atomic E-state index is 14.1. The fourth-order valence-corrected chi connectivity index (χ4v) is 5.83. The first-order valence-electron chi connectivity index (χ1n) is 13.1. The van der Waals surface area contributed by atoms with Gasteiger partial charge in [-0.3, -0.25) is 9.59 Å². The van der Waals surface area contributed by atoms with E-state index < -0.39 is 23.2 Å². The third-order valence-electron chi connectivity index (χ3n) is 8.17. The van der Waals surface area contributed by atoms with Crippen molar-refractivity contribution in [1.29, 1.82) is 0 Å². The Labute approximate surface area is 236 Å². The molecule has 40 heavy (non-hydrogen) atoms. The molecule has 0 radical (unpaired) electrons. The van der Waals surface area contributed by atoms with E-state index in [1.807, 2.05) is 0 Å². The lowest BCUT2D eigenvalue weighted by atomic mass is 9.86. The minimum atomic E-state index is -5.21. The second kappa shape index (κ2) is 11.1. The van der Waals surface area contributed by atoms with Gasteiger partial charge in [0.2, 0.25) is 0 Å². The maximum Gasteiger partial charge on any atom is 0.430 e. The molecular formula is C29H34ClF3N2O5. The predicted octanol–water partition coefficient (Wildman–Crippen LogP) is 5.14. The van der Waals surface area contributed by atoms with E-state index in [9.17, 15) is 27.9 Å². The summed E-state index contributed by atoms with van der Waals surface area (Å²) in [5.74, 6) is -0.389. The van der Waals surface area contributed by atoms with Gasteiger partial charge in [0.05, 0.1) is 24.3 Å². The SMILES string of the molecule is COc1cccc(C(O)(C(=O)N2CCC(C3CC3(C)COc3ccc(C(=O)N(C)C)c(Cl)c3)CC2)C(F)(F)F)c1. The smallest absolute Gasteiger partial charge is 0.430 e. The number of likely N-dealkylation sites (tertiary alicyclic amines) is 1. The summed E-state index contributed by atoms with van der Waals surface area (Å²) < 4.78 is 53.3. The Morgan fingerprint density at radius 3 is 2.38 bits per heavy atom. The van der Waals surface area contributed by atoms with Crippen LogP contribution in [0, 0.1) is 17.3 Å². The molecule has 2 fully saturated rings. The molecule has 2 aromatic carbocycles. The lowest BCUT2D eigenvalue weighted by Gasteiger charge is -2.39.